The van der Waals surface area contributed by atoms with Crippen molar-refractivity contribution >= 4 is 29.2 Å². The molecule has 1 atom stereocenters. The van der Waals surface area contributed by atoms with Crippen LogP contribution in [0.4, 0.5) is 0 Å². The maximum Gasteiger partial charge on any atom is 0.322 e. The third-order valence-corrected chi connectivity index (χ3v) is 3.38. The molecule has 4 nitrogen and oxygen atoms in total. The topological polar surface area (TPSA) is 52.6 Å². The molecule has 0 aromatic heterocycles. The van der Waals surface area contributed by atoms with Crippen molar-refractivity contribution in [3.8, 4) is 0 Å². The lowest BCUT2D eigenvalue weighted by Crippen LogP contribution is -2.54. The molecule has 0 bridgehead atoms. The lowest BCUT2D eigenvalue weighted by atomic mass is 10.1. The summed E-state index contributed by atoms with van der Waals surface area (Å²) in [5.74, 6) is -0.810. The van der Waals surface area contributed by atoms with E-state index in [0.29, 0.717) is 29.7 Å². The SMILES string of the molecule is O=C(O)C1CNCCN1Cc1cc(Cl)cc(Cl)c1. The fourth-order valence-electron chi connectivity index (χ4n) is 2.12. The molecule has 2 N–H and O–H groups in total. The molecule has 18 heavy (non-hydrogen) atoms. The lowest BCUT2D eigenvalue weighted by molar-refractivity contribution is -0.144. The molecule has 0 aliphatic carbocycles. The predicted molar refractivity (Wildman–Crippen MR) is 71.2 cm³/mol. The van der Waals surface area contributed by atoms with Crippen LogP contribution in [-0.4, -0.2) is 41.7 Å². The number of benzene rings is 1. The van der Waals surface area contributed by atoms with Gasteiger partial charge in [0, 0.05) is 36.2 Å². The zero-order valence-corrected chi connectivity index (χ0v) is 11.2. The highest BCUT2D eigenvalue weighted by Crippen LogP contribution is 2.21. The Morgan fingerprint density at radius 2 is 2.06 bits per heavy atom. The molecule has 1 fully saturated rings. The molecule has 1 heterocycles. The third-order valence-electron chi connectivity index (χ3n) is 2.95. The molecule has 0 radical (unpaired) electrons. The smallest absolute Gasteiger partial charge is 0.322 e. The number of nitrogens with zero attached hydrogens (tertiary/aromatic N) is 1. The minimum atomic E-state index is -0.810. The first-order chi connectivity index (χ1) is 8.56. The largest absolute Gasteiger partial charge is 0.480 e. The lowest BCUT2D eigenvalue weighted by Gasteiger charge is -2.33. The summed E-state index contributed by atoms with van der Waals surface area (Å²) in [6.07, 6.45) is 0. The van der Waals surface area contributed by atoms with Crippen LogP contribution in [0.1, 0.15) is 5.56 Å². The summed E-state index contributed by atoms with van der Waals surface area (Å²) in [6.45, 7) is 2.49. The molecule has 0 amide bonds. The molecule has 1 unspecified atom stereocenters. The number of carboxylic acid groups (broad SMARTS) is 1. The number of aliphatic carboxylic acids is 1. The van der Waals surface area contributed by atoms with Crippen molar-refractivity contribution in [2.45, 2.75) is 12.6 Å². The quantitative estimate of drug-likeness (QED) is 0.891. The number of hydrogen-bond donors (Lipinski definition) is 2. The van der Waals surface area contributed by atoms with Crippen LogP contribution in [0.5, 0.6) is 0 Å². The van der Waals surface area contributed by atoms with Crippen LogP contribution >= 0.6 is 23.2 Å². The van der Waals surface area contributed by atoms with Gasteiger partial charge in [-0.1, -0.05) is 23.2 Å². The van der Waals surface area contributed by atoms with E-state index < -0.39 is 12.0 Å². The summed E-state index contributed by atoms with van der Waals surface area (Å²) in [5.41, 5.74) is 0.931. The number of hydrogen-bond acceptors (Lipinski definition) is 3. The van der Waals surface area contributed by atoms with Gasteiger partial charge in [-0.3, -0.25) is 9.69 Å². The fraction of sp³-hybridized carbons (Fsp3) is 0.417. The molecule has 1 aliphatic heterocycles. The van der Waals surface area contributed by atoms with Gasteiger partial charge in [0.05, 0.1) is 0 Å². The zero-order chi connectivity index (χ0) is 13.1. The summed E-state index contributed by atoms with van der Waals surface area (Å²) < 4.78 is 0. The Morgan fingerprint density at radius 1 is 1.39 bits per heavy atom. The number of carbonyl (C=O) groups is 1. The average Bonchev–Trinajstić information content (AvgIpc) is 2.27. The molecule has 6 heteroatoms. The minimum absolute atomic E-state index is 0.462. The van der Waals surface area contributed by atoms with Gasteiger partial charge in [0.25, 0.3) is 0 Å². The molecule has 2 rings (SSSR count). The van der Waals surface area contributed by atoms with Gasteiger partial charge in [-0.2, -0.15) is 0 Å². The van der Waals surface area contributed by atoms with Gasteiger partial charge in [-0.15, -0.1) is 0 Å². The van der Waals surface area contributed by atoms with Crippen molar-refractivity contribution in [1.29, 1.82) is 0 Å². The first-order valence-electron chi connectivity index (χ1n) is 5.69. The second kappa shape index (κ2) is 5.89. The number of halogens is 2. The van der Waals surface area contributed by atoms with Crippen molar-refractivity contribution < 1.29 is 9.90 Å². The highest BCUT2D eigenvalue weighted by molar-refractivity contribution is 6.34. The summed E-state index contributed by atoms with van der Waals surface area (Å²) in [6, 6.07) is 4.79. The van der Waals surface area contributed by atoms with Crippen molar-refractivity contribution in [1.82, 2.24) is 10.2 Å². The fourth-order valence-corrected chi connectivity index (χ4v) is 2.69. The molecule has 1 aromatic carbocycles. The van der Waals surface area contributed by atoms with Crippen LogP contribution in [0.15, 0.2) is 18.2 Å². The molecular weight excluding hydrogens is 275 g/mol. The molecule has 1 aliphatic rings. The molecule has 1 aromatic rings. The summed E-state index contributed by atoms with van der Waals surface area (Å²) in [5, 5.41) is 13.4. The molecule has 98 valence electrons. The normalized spacial score (nSPS) is 20.9. The highest BCUT2D eigenvalue weighted by Gasteiger charge is 2.28. The van der Waals surface area contributed by atoms with Gasteiger partial charge in [0.1, 0.15) is 6.04 Å². The second-order valence-corrected chi connectivity index (χ2v) is 5.18. The van der Waals surface area contributed by atoms with E-state index in [0.717, 1.165) is 12.1 Å². The van der Waals surface area contributed by atoms with Crippen molar-refractivity contribution in [3.05, 3.63) is 33.8 Å². The van der Waals surface area contributed by atoms with E-state index in [9.17, 15) is 4.79 Å². The number of carboxylic acids is 1. The molecule has 0 spiro atoms. The Bertz CT molecular complexity index is 433. The Morgan fingerprint density at radius 3 is 2.67 bits per heavy atom. The van der Waals surface area contributed by atoms with Gasteiger partial charge in [-0.05, 0) is 23.8 Å². The number of piperazine rings is 1. The summed E-state index contributed by atoms with van der Waals surface area (Å²) in [4.78, 5) is 13.1. The van der Waals surface area contributed by atoms with Crippen molar-refractivity contribution in [2.75, 3.05) is 19.6 Å². The highest BCUT2D eigenvalue weighted by atomic mass is 35.5. The van der Waals surface area contributed by atoms with E-state index >= 15 is 0 Å². The number of nitrogens with one attached hydrogen (secondary N) is 1. The van der Waals surface area contributed by atoms with E-state index in [1.54, 1.807) is 6.07 Å². The van der Waals surface area contributed by atoms with Crippen LogP contribution in [-0.2, 0) is 11.3 Å². The second-order valence-electron chi connectivity index (χ2n) is 4.31. The van der Waals surface area contributed by atoms with Gasteiger partial charge >= 0.3 is 5.97 Å². The van der Waals surface area contributed by atoms with Crippen LogP contribution in [0.25, 0.3) is 0 Å². The van der Waals surface area contributed by atoms with Gasteiger partial charge in [-0.25, -0.2) is 0 Å². The van der Waals surface area contributed by atoms with Crippen LogP contribution in [0.2, 0.25) is 10.0 Å². The van der Waals surface area contributed by atoms with E-state index in [-0.39, 0.29) is 0 Å². The van der Waals surface area contributed by atoms with Gasteiger partial charge in [0.15, 0.2) is 0 Å². The Labute approximate surface area is 115 Å². The first kappa shape index (κ1) is 13.6. The first-order valence-corrected chi connectivity index (χ1v) is 6.44. The van der Waals surface area contributed by atoms with Crippen LogP contribution < -0.4 is 5.32 Å². The zero-order valence-electron chi connectivity index (χ0n) is 9.70. The van der Waals surface area contributed by atoms with E-state index in [2.05, 4.69) is 5.32 Å². The summed E-state index contributed by atoms with van der Waals surface area (Å²) >= 11 is 11.9. The van der Waals surface area contributed by atoms with Gasteiger partial charge in [0.2, 0.25) is 0 Å². The van der Waals surface area contributed by atoms with Gasteiger partial charge < -0.3 is 10.4 Å². The maximum atomic E-state index is 11.2. The van der Waals surface area contributed by atoms with E-state index in [1.807, 2.05) is 17.0 Å². The van der Waals surface area contributed by atoms with Crippen molar-refractivity contribution in [3.63, 3.8) is 0 Å². The third kappa shape index (κ3) is 3.36. The molecule has 1 saturated heterocycles. The molecule has 0 saturated carbocycles. The van der Waals surface area contributed by atoms with E-state index in [4.69, 9.17) is 28.3 Å². The standard InChI is InChI=1S/C12H14Cl2N2O2/c13-9-3-8(4-10(14)5-9)7-16-2-1-15-6-11(16)12(17)18/h3-5,11,15H,1-2,6-7H2,(H,17,18). The predicted octanol–water partition coefficient (Wildman–Crippen LogP) is 1.85. The number of rotatable bonds is 3. The average molecular weight is 289 g/mol. The minimum Gasteiger partial charge on any atom is -0.480 e. The van der Waals surface area contributed by atoms with Crippen LogP contribution in [0, 0.1) is 0 Å². The monoisotopic (exact) mass is 288 g/mol. The van der Waals surface area contributed by atoms with Crippen molar-refractivity contribution in [2.24, 2.45) is 0 Å². The molecular formula is C12H14Cl2N2O2. The summed E-state index contributed by atoms with van der Waals surface area (Å²) in [7, 11) is 0. The van der Waals surface area contributed by atoms with E-state index in [1.165, 1.54) is 0 Å². The Hall–Kier alpha value is -0.810. The Balaban J connectivity index is 2.13. The van der Waals surface area contributed by atoms with Crippen LogP contribution in [0.3, 0.4) is 0 Å². The maximum absolute atomic E-state index is 11.2. The Kier molecular flexibility index (Phi) is 4.45.